The van der Waals surface area contributed by atoms with Gasteiger partial charge < -0.3 is 15.5 Å². The number of hydrogen-bond acceptors (Lipinski definition) is 5. The molecule has 7 nitrogen and oxygen atoms in total. The Morgan fingerprint density at radius 2 is 1.79 bits per heavy atom. The molecule has 2 fully saturated rings. The van der Waals surface area contributed by atoms with E-state index in [1.807, 2.05) is 18.2 Å². The fraction of sp³-hybridized carbons (Fsp3) is 0.444. The Hall–Kier alpha value is -3.03. The highest BCUT2D eigenvalue weighted by molar-refractivity contribution is 6.06. The van der Waals surface area contributed by atoms with Crippen molar-refractivity contribution in [1.29, 1.82) is 0 Å². The number of carbonyl (C=O) groups is 3. The standard InChI is InChI=1S/C27H30N4O3/c32-22-9-8-21(25(33)30-22)31-16-19-6-3-5-18(23(19)26(31)34)15-29-24-20-7-2-1-4-17(20)14-27(24)10-12-28-13-11-27/h1-7,21,24,28-29H,8-16H2,(H,30,32,33). The second kappa shape index (κ2) is 8.32. The Labute approximate surface area is 199 Å². The molecular formula is C27H30N4O3. The van der Waals surface area contributed by atoms with Crippen molar-refractivity contribution >= 4 is 17.7 Å². The fourth-order valence-corrected chi connectivity index (χ4v) is 6.55. The van der Waals surface area contributed by atoms with Gasteiger partial charge >= 0.3 is 0 Å². The van der Waals surface area contributed by atoms with E-state index < -0.39 is 6.04 Å². The van der Waals surface area contributed by atoms with Gasteiger partial charge in [-0.05, 0) is 66.4 Å². The number of amides is 3. The molecule has 7 heteroatoms. The number of nitrogens with one attached hydrogen (secondary N) is 3. The van der Waals surface area contributed by atoms with E-state index in [1.165, 1.54) is 11.1 Å². The molecule has 3 heterocycles. The minimum absolute atomic E-state index is 0.106. The molecule has 1 aliphatic carbocycles. The first-order valence-corrected chi connectivity index (χ1v) is 12.3. The summed E-state index contributed by atoms with van der Waals surface area (Å²) in [5.74, 6) is -0.739. The van der Waals surface area contributed by atoms with Crippen LogP contribution in [0.4, 0.5) is 0 Å². The SMILES string of the molecule is O=C1CCC(N2Cc3cccc(CNC4c5ccccc5CC45CCNCC5)c3C2=O)C(=O)N1. The van der Waals surface area contributed by atoms with Gasteiger partial charge in [0.25, 0.3) is 5.91 Å². The highest BCUT2D eigenvalue weighted by Crippen LogP contribution is 2.51. The molecule has 176 valence electrons. The summed E-state index contributed by atoms with van der Waals surface area (Å²) in [5, 5.41) is 9.74. The molecule has 3 aliphatic heterocycles. The summed E-state index contributed by atoms with van der Waals surface area (Å²) in [6, 6.07) is 14.4. The Balaban J connectivity index is 1.25. The highest BCUT2D eigenvalue weighted by atomic mass is 16.2. The number of hydrogen-bond donors (Lipinski definition) is 3. The fourth-order valence-electron chi connectivity index (χ4n) is 6.55. The Morgan fingerprint density at radius 3 is 2.62 bits per heavy atom. The molecule has 2 atom stereocenters. The van der Waals surface area contributed by atoms with Crippen LogP contribution >= 0.6 is 0 Å². The molecule has 2 saturated heterocycles. The molecule has 0 radical (unpaired) electrons. The van der Waals surface area contributed by atoms with Crippen molar-refractivity contribution in [2.45, 2.75) is 57.3 Å². The lowest BCUT2D eigenvalue weighted by atomic mass is 9.73. The molecule has 6 rings (SSSR count). The van der Waals surface area contributed by atoms with Crippen LogP contribution in [0, 0.1) is 5.41 Å². The van der Waals surface area contributed by atoms with Crippen LogP contribution in [0.25, 0.3) is 0 Å². The zero-order chi connectivity index (χ0) is 23.3. The van der Waals surface area contributed by atoms with E-state index in [0.29, 0.717) is 25.1 Å². The third kappa shape index (κ3) is 3.46. The lowest BCUT2D eigenvalue weighted by Gasteiger charge is -2.40. The Bertz CT molecular complexity index is 1170. The maximum absolute atomic E-state index is 13.5. The summed E-state index contributed by atoms with van der Waals surface area (Å²) >= 11 is 0. The van der Waals surface area contributed by atoms with Crippen molar-refractivity contribution in [2.24, 2.45) is 5.41 Å². The normalized spacial score (nSPS) is 25.4. The predicted molar refractivity (Wildman–Crippen MR) is 127 cm³/mol. The van der Waals surface area contributed by atoms with E-state index in [4.69, 9.17) is 0 Å². The van der Waals surface area contributed by atoms with Gasteiger partial charge in [0.2, 0.25) is 11.8 Å². The maximum Gasteiger partial charge on any atom is 0.255 e. The monoisotopic (exact) mass is 458 g/mol. The van der Waals surface area contributed by atoms with Gasteiger partial charge in [-0.3, -0.25) is 19.7 Å². The van der Waals surface area contributed by atoms with Crippen LogP contribution in [0.3, 0.4) is 0 Å². The molecule has 2 aromatic carbocycles. The van der Waals surface area contributed by atoms with E-state index in [0.717, 1.165) is 43.5 Å². The number of benzene rings is 2. The lowest BCUT2D eigenvalue weighted by molar-refractivity contribution is -0.136. The summed E-state index contributed by atoms with van der Waals surface area (Å²) in [6.45, 7) is 3.08. The van der Waals surface area contributed by atoms with E-state index in [9.17, 15) is 14.4 Å². The van der Waals surface area contributed by atoms with Crippen molar-refractivity contribution in [1.82, 2.24) is 20.9 Å². The van der Waals surface area contributed by atoms with Gasteiger partial charge in [-0.1, -0.05) is 42.5 Å². The van der Waals surface area contributed by atoms with E-state index >= 15 is 0 Å². The average molecular weight is 459 g/mol. The molecule has 3 N–H and O–H groups in total. The zero-order valence-electron chi connectivity index (χ0n) is 19.2. The van der Waals surface area contributed by atoms with Crippen LogP contribution in [0.5, 0.6) is 0 Å². The van der Waals surface area contributed by atoms with Gasteiger partial charge in [0.15, 0.2) is 0 Å². The van der Waals surface area contributed by atoms with Gasteiger partial charge in [-0.15, -0.1) is 0 Å². The Morgan fingerprint density at radius 1 is 1.00 bits per heavy atom. The van der Waals surface area contributed by atoms with Gasteiger partial charge in [0.05, 0.1) is 0 Å². The molecule has 0 saturated carbocycles. The number of carbonyl (C=O) groups excluding carboxylic acids is 3. The zero-order valence-corrected chi connectivity index (χ0v) is 19.2. The summed E-state index contributed by atoms with van der Waals surface area (Å²) < 4.78 is 0. The van der Waals surface area contributed by atoms with Crippen LogP contribution < -0.4 is 16.0 Å². The van der Waals surface area contributed by atoms with Crippen molar-refractivity contribution in [3.05, 3.63) is 70.3 Å². The number of imide groups is 1. The van der Waals surface area contributed by atoms with Gasteiger partial charge in [0, 0.05) is 31.1 Å². The molecule has 2 unspecified atom stereocenters. The van der Waals surface area contributed by atoms with Crippen LogP contribution in [0.1, 0.15) is 64.3 Å². The van der Waals surface area contributed by atoms with Gasteiger partial charge in [0.1, 0.15) is 6.04 Å². The minimum atomic E-state index is -0.585. The van der Waals surface area contributed by atoms with Crippen LogP contribution in [-0.2, 0) is 29.1 Å². The maximum atomic E-state index is 13.5. The molecule has 2 aromatic rings. The predicted octanol–water partition coefficient (Wildman–Crippen LogP) is 2.20. The van der Waals surface area contributed by atoms with E-state index in [1.54, 1.807) is 4.90 Å². The van der Waals surface area contributed by atoms with Crippen molar-refractivity contribution in [3.8, 4) is 0 Å². The second-order valence-electron chi connectivity index (χ2n) is 10.2. The summed E-state index contributed by atoms with van der Waals surface area (Å²) in [4.78, 5) is 39.1. The smallest absolute Gasteiger partial charge is 0.255 e. The van der Waals surface area contributed by atoms with E-state index in [2.05, 4.69) is 40.2 Å². The second-order valence-corrected chi connectivity index (χ2v) is 10.2. The van der Waals surface area contributed by atoms with Crippen LogP contribution in [0.2, 0.25) is 0 Å². The number of nitrogens with zero attached hydrogens (tertiary/aromatic N) is 1. The molecular weight excluding hydrogens is 428 g/mol. The number of rotatable bonds is 4. The molecule has 0 aromatic heterocycles. The number of fused-ring (bicyclic) bond motifs is 2. The molecule has 1 spiro atoms. The largest absolute Gasteiger partial charge is 0.322 e. The Kier molecular flexibility index (Phi) is 5.26. The first kappa shape index (κ1) is 21.5. The average Bonchev–Trinajstić information content (AvgIpc) is 3.32. The third-order valence-electron chi connectivity index (χ3n) is 8.26. The molecule has 4 aliphatic rings. The summed E-state index contributed by atoms with van der Waals surface area (Å²) in [6.07, 6.45) is 4.01. The van der Waals surface area contributed by atoms with Gasteiger partial charge in [-0.2, -0.15) is 0 Å². The van der Waals surface area contributed by atoms with Gasteiger partial charge in [-0.25, -0.2) is 0 Å². The quantitative estimate of drug-likeness (QED) is 0.612. The molecule has 0 bridgehead atoms. The van der Waals surface area contributed by atoms with Crippen molar-refractivity contribution < 1.29 is 14.4 Å². The summed E-state index contributed by atoms with van der Waals surface area (Å²) in [5.41, 5.74) is 5.66. The van der Waals surface area contributed by atoms with Crippen molar-refractivity contribution in [3.63, 3.8) is 0 Å². The van der Waals surface area contributed by atoms with Crippen molar-refractivity contribution in [2.75, 3.05) is 13.1 Å². The molecule has 34 heavy (non-hydrogen) atoms. The number of piperidine rings is 2. The third-order valence-corrected chi connectivity index (χ3v) is 8.26. The highest BCUT2D eigenvalue weighted by Gasteiger charge is 2.46. The summed E-state index contributed by atoms with van der Waals surface area (Å²) in [7, 11) is 0. The van der Waals surface area contributed by atoms with Crippen LogP contribution in [0.15, 0.2) is 42.5 Å². The minimum Gasteiger partial charge on any atom is -0.322 e. The first-order valence-electron chi connectivity index (χ1n) is 12.3. The first-order chi connectivity index (χ1) is 16.6. The van der Waals surface area contributed by atoms with E-state index in [-0.39, 0.29) is 35.6 Å². The van der Waals surface area contributed by atoms with Crippen LogP contribution in [-0.4, -0.2) is 41.8 Å². The lowest BCUT2D eigenvalue weighted by Crippen LogP contribution is -2.52. The topological polar surface area (TPSA) is 90.5 Å². The molecule has 3 amide bonds.